The first-order valence-corrected chi connectivity index (χ1v) is 5.69. The first-order chi connectivity index (χ1) is 8.56. The molecule has 0 spiro atoms. The summed E-state index contributed by atoms with van der Waals surface area (Å²) in [5, 5.41) is 14.6. The monoisotopic (exact) mass is 249 g/mol. The Labute approximate surface area is 104 Å². The molecule has 6 nitrogen and oxygen atoms in total. The number of carboxylic acid groups (broad SMARTS) is 1. The van der Waals surface area contributed by atoms with Crippen LogP contribution in [0.2, 0.25) is 0 Å². The van der Waals surface area contributed by atoms with Gasteiger partial charge in [-0.1, -0.05) is 12.1 Å². The zero-order valence-electron chi connectivity index (χ0n) is 9.72. The minimum Gasteiger partial charge on any atom is -0.481 e. The second kappa shape index (κ2) is 5.05. The van der Waals surface area contributed by atoms with Crippen LogP contribution in [-0.2, 0) is 4.79 Å². The SMILES string of the molecule is NC(=O)Nc1cccc(C2CC(C(=O)O)CN2)c1. The minimum atomic E-state index is -0.781. The van der Waals surface area contributed by atoms with Crippen molar-refractivity contribution in [3.05, 3.63) is 29.8 Å². The summed E-state index contributed by atoms with van der Waals surface area (Å²) in [6.45, 7) is 0.466. The van der Waals surface area contributed by atoms with E-state index in [4.69, 9.17) is 10.8 Å². The van der Waals surface area contributed by atoms with Crippen LogP contribution in [0.4, 0.5) is 10.5 Å². The number of hydrogen-bond acceptors (Lipinski definition) is 3. The molecule has 1 heterocycles. The van der Waals surface area contributed by atoms with E-state index in [2.05, 4.69) is 10.6 Å². The predicted molar refractivity (Wildman–Crippen MR) is 66.1 cm³/mol. The molecule has 1 aromatic carbocycles. The maximum absolute atomic E-state index is 10.9. The molecule has 1 aliphatic heterocycles. The van der Waals surface area contributed by atoms with Gasteiger partial charge < -0.3 is 21.5 Å². The van der Waals surface area contributed by atoms with E-state index in [9.17, 15) is 9.59 Å². The highest BCUT2D eigenvalue weighted by Gasteiger charge is 2.30. The normalized spacial score (nSPS) is 22.7. The summed E-state index contributed by atoms with van der Waals surface area (Å²) in [6.07, 6.45) is 0.551. The third-order valence-corrected chi connectivity index (χ3v) is 3.04. The lowest BCUT2D eigenvalue weighted by Gasteiger charge is -2.12. The first-order valence-electron chi connectivity index (χ1n) is 5.69. The van der Waals surface area contributed by atoms with Crippen LogP contribution in [0, 0.1) is 5.92 Å². The van der Waals surface area contributed by atoms with Crippen molar-refractivity contribution < 1.29 is 14.7 Å². The number of primary amides is 1. The number of anilines is 1. The van der Waals surface area contributed by atoms with E-state index in [1.807, 2.05) is 6.07 Å². The molecule has 0 bridgehead atoms. The smallest absolute Gasteiger partial charge is 0.316 e. The van der Waals surface area contributed by atoms with Crippen molar-refractivity contribution in [3.8, 4) is 0 Å². The fourth-order valence-electron chi connectivity index (χ4n) is 2.15. The molecule has 18 heavy (non-hydrogen) atoms. The summed E-state index contributed by atoms with van der Waals surface area (Å²) in [5.41, 5.74) is 6.61. The minimum absolute atomic E-state index is 0.000673. The van der Waals surface area contributed by atoms with Gasteiger partial charge in [0.2, 0.25) is 0 Å². The maximum Gasteiger partial charge on any atom is 0.316 e. The Bertz CT molecular complexity index is 475. The second-order valence-corrected chi connectivity index (χ2v) is 4.35. The standard InChI is InChI=1S/C12H15N3O3/c13-12(18)15-9-3-1-2-7(4-9)10-5-8(6-14-10)11(16)17/h1-4,8,10,14H,5-6H2,(H,16,17)(H3,13,15,18). The molecule has 0 radical (unpaired) electrons. The molecule has 0 saturated carbocycles. The number of amides is 2. The van der Waals surface area contributed by atoms with Gasteiger partial charge in [0, 0.05) is 18.3 Å². The Hall–Kier alpha value is -2.08. The van der Waals surface area contributed by atoms with Crippen LogP contribution in [0.25, 0.3) is 0 Å². The Balaban J connectivity index is 2.10. The number of nitrogens with two attached hydrogens (primary N) is 1. The van der Waals surface area contributed by atoms with Crippen molar-refractivity contribution in [2.24, 2.45) is 11.7 Å². The fourth-order valence-corrected chi connectivity index (χ4v) is 2.15. The number of aliphatic carboxylic acids is 1. The van der Waals surface area contributed by atoms with E-state index in [0.29, 0.717) is 18.7 Å². The molecule has 1 saturated heterocycles. The van der Waals surface area contributed by atoms with E-state index in [-0.39, 0.29) is 12.0 Å². The average Bonchev–Trinajstić information content (AvgIpc) is 2.77. The molecule has 6 heteroatoms. The predicted octanol–water partition coefficient (Wildman–Crippen LogP) is 0.912. The third kappa shape index (κ3) is 2.78. The van der Waals surface area contributed by atoms with Gasteiger partial charge in [0.15, 0.2) is 0 Å². The lowest BCUT2D eigenvalue weighted by Crippen LogP contribution is -2.20. The van der Waals surface area contributed by atoms with Gasteiger partial charge in [-0.25, -0.2) is 4.79 Å². The van der Waals surface area contributed by atoms with E-state index in [1.165, 1.54) is 0 Å². The van der Waals surface area contributed by atoms with Crippen LogP contribution in [0.15, 0.2) is 24.3 Å². The quantitative estimate of drug-likeness (QED) is 0.639. The zero-order chi connectivity index (χ0) is 13.1. The number of rotatable bonds is 3. The highest BCUT2D eigenvalue weighted by molar-refractivity contribution is 5.87. The number of carbonyl (C=O) groups is 2. The molecular formula is C12H15N3O3. The van der Waals surface area contributed by atoms with Gasteiger partial charge in [0.1, 0.15) is 0 Å². The Morgan fingerprint density at radius 3 is 2.83 bits per heavy atom. The van der Waals surface area contributed by atoms with Gasteiger partial charge in [0.05, 0.1) is 5.92 Å². The largest absolute Gasteiger partial charge is 0.481 e. The van der Waals surface area contributed by atoms with Crippen LogP contribution in [-0.4, -0.2) is 23.7 Å². The highest BCUT2D eigenvalue weighted by atomic mass is 16.4. The number of carbonyl (C=O) groups excluding carboxylic acids is 1. The number of benzene rings is 1. The number of urea groups is 1. The van der Waals surface area contributed by atoms with E-state index >= 15 is 0 Å². The van der Waals surface area contributed by atoms with Crippen LogP contribution in [0.1, 0.15) is 18.0 Å². The molecule has 5 N–H and O–H groups in total. The van der Waals surface area contributed by atoms with E-state index in [0.717, 1.165) is 5.56 Å². The topological polar surface area (TPSA) is 104 Å². The Morgan fingerprint density at radius 2 is 2.22 bits per heavy atom. The van der Waals surface area contributed by atoms with Gasteiger partial charge in [-0.15, -0.1) is 0 Å². The summed E-state index contributed by atoms with van der Waals surface area (Å²) in [7, 11) is 0. The van der Waals surface area contributed by atoms with Gasteiger partial charge in [-0.3, -0.25) is 4.79 Å². The number of carboxylic acids is 1. The molecule has 1 fully saturated rings. The fraction of sp³-hybridized carbons (Fsp3) is 0.333. The molecule has 1 aliphatic rings. The molecule has 2 rings (SSSR count). The van der Waals surface area contributed by atoms with Crippen molar-refractivity contribution in [1.29, 1.82) is 0 Å². The number of hydrogen-bond donors (Lipinski definition) is 4. The van der Waals surface area contributed by atoms with Crippen LogP contribution < -0.4 is 16.4 Å². The van der Waals surface area contributed by atoms with Gasteiger partial charge >= 0.3 is 12.0 Å². The van der Waals surface area contributed by atoms with Crippen molar-refractivity contribution >= 4 is 17.7 Å². The molecular weight excluding hydrogens is 234 g/mol. The van der Waals surface area contributed by atoms with Gasteiger partial charge in [-0.2, -0.15) is 0 Å². The summed E-state index contributed by atoms with van der Waals surface area (Å²) in [5.74, 6) is -1.14. The molecule has 2 atom stereocenters. The maximum atomic E-state index is 10.9. The van der Waals surface area contributed by atoms with Crippen molar-refractivity contribution in [2.75, 3.05) is 11.9 Å². The summed E-state index contributed by atoms with van der Waals surface area (Å²) < 4.78 is 0. The van der Waals surface area contributed by atoms with Gasteiger partial charge in [0.25, 0.3) is 0 Å². The summed E-state index contributed by atoms with van der Waals surface area (Å²) in [6, 6.07) is 6.62. The molecule has 0 aromatic heterocycles. The Kier molecular flexibility index (Phi) is 3.47. The van der Waals surface area contributed by atoms with Crippen molar-refractivity contribution in [3.63, 3.8) is 0 Å². The van der Waals surface area contributed by atoms with Gasteiger partial charge in [-0.05, 0) is 24.1 Å². The Morgan fingerprint density at radius 1 is 1.44 bits per heavy atom. The summed E-state index contributed by atoms with van der Waals surface area (Å²) in [4.78, 5) is 21.6. The molecule has 1 aromatic rings. The summed E-state index contributed by atoms with van der Waals surface area (Å²) >= 11 is 0. The zero-order valence-corrected chi connectivity index (χ0v) is 9.72. The molecule has 96 valence electrons. The molecule has 2 unspecified atom stereocenters. The molecule has 2 amide bonds. The van der Waals surface area contributed by atoms with E-state index < -0.39 is 12.0 Å². The van der Waals surface area contributed by atoms with E-state index in [1.54, 1.807) is 18.2 Å². The first kappa shape index (κ1) is 12.4. The second-order valence-electron chi connectivity index (χ2n) is 4.35. The molecule has 0 aliphatic carbocycles. The van der Waals surface area contributed by atoms with Crippen LogP contribution >= 0.6 is 0 Å². The average molecular weight is 249 g/mol. The lowest BCUT2D eigenvalue weighted by atomic mass is 10.00. The number of nitrogens with one attached hydrogen (secondary N) is 2. The highest BCUT2D eigenvalue weighted by Crippen LogP contribution is 2.28. The lowest BCUT2D eigenvalue weighted by molar-refractivity contribution is -0.141. The van der Waals surface area contributed by atoms with Crippen molar-refractivity contribution in [1.82, 2.24) is 5.32 Å². The van der Waals surface area contributed by atoms with Crippen molar-refractivity contribution in [2.45, 2.75) is 12.5 Å². The van der Waals surface area contributed by atoms with Crippen LogP contribution in [0.5, 0.6) is 0 Å². The van der Waals surface area contributed by atoms with Crippen LogP contribution in [0.3, 0.4) is 0 Å². The third-order valence-electron chi connectivity index (χ3n) is 3.04.